The van der Waals surface area contributed by atoms with E-state index in [2.05, 4.69) is 10.2 Å². The van der Waals surface area contributed by atoms with E-state index in [4.69, 9.17) is 9.47 Å². The van der Waals surface area contributed by atoms with E-state index in [0.717, 1.165) is 19.6 Å². The molecule has 1 aliphatic heterocycles. The third-order valence-corrected chi connectivity index (χ3v) is 5.47. The Bertz CT molecular complexity index is 802. The molecule has 1 fully saturated rings. The normalized spacial score (nSPS) is 14.6. The van der Waals surface area contributed by atoms with Crippen molar-refractivity contribution in [2.75, 3.05) is 53.5 Å². The third kappa shape index (κ3) is 4.82. The first-order chi connectivity index (χ1) is 13.6. The zero-order valence-corrected chi connectivity index (χ0v) is 17.0. The maximum absolute atomic E-state index is 12.8. The van der Waals surface area contributed by atoms with Gasteiger partial charge >= 0.3 is 0 Å². The Morgan fingerprint density at radius 1 is 1.04 bits per heavy atom. The smallest absolute Gasteiger partial charge is 0.254 e. The molecule has 2 amide bonds. The minimum Gasteiger partial charge on any atom is -0.493 e. The molecule has 28 heavy (non-hydrogen) atoms. The summed E-state index contributed by atoms with van der Waals surface area (Å²) in [5.41, 5.74) is 1.30. The first-order valence-electron chi connectivity index (χ1n) is 9.16. The number of hydrogen-bond donors (Lipinski definition) is 1. The molecule has 2 heterocycles. The zero-order chi connectivity index (χ0) is 19.9. The largest absolute Gasteiger partial charge is 0.493 e. The topological polar surface area (TPSA) is 71.1 Å². The molecule has 0 aliphatic carbocycles. The molecule has 1 saturated heterocycles. The van der Waals surface area contributed by atoms with E-state index >= 15 is 0 Å². The fourth-order valence-corrected chi connectivity index (χ4v) is 3.79. The molecular weight excluding hydrogens is 378 g/mol. The van der Waals surface area contributed by atoms with Crippen LogP contribution in [-0.4, -0.2) is 75.1 Å². The van der Waals surface area contributed by atoms with Crippen molar-refractivity contribution in [1.82, 2.24) is 15.1 Å². The van der Waals surface area contributed by atoms with E-state index < -0.39 is 0 Å². The van der Waals surface area contributed by atoms with Crippen LogP contribution >= 0.6 is 11.3 Å². The molecule has 0 bridgehead atoms. The third-order valence-electron chi connectivity index (χ3n) is 4.79. The van der Waals surface area contributed by atoms with E-state index in [-0.39, 0.29) is 11.8 Å². The number of nitrogens with one attached hydrogen (secondary N) is 1. The highest BCUT2D eigenvalue weighted by atomic mass is 32.1. The fraction of sp³-hybridized carbons (Fsp3) is 0.400. The van der Waals surface area contributed by atoms with Crippen LogP contribution in [0.15, 0.2) is 35.0 Å². The average molecular weight is 404 g/mol. The summed E-state index contributed by atoms with van der Waals surface area (Å²) in [4.78, 5) is 28.8. The van der Waals surface area contributed by atoms with Gasteiger partial charge in [0.1, 0.15) is 0 Å². The van der Waals surface area contributed by atoms with Gasteiger partial charge in [-0.3, -0.25) is 14.5 Å². The van der Waals surface area contributed by atoms with E-state index in [1.165, 1.54) is 11.3 Å². The Morgan fingerprint density at radius 2 is 1.79 bits per heavy atom. The van der Waals surface area contributed by atoms with Gasteiger partial charge in [0.15, 0.2) is 11.5 Å². The zero-order valence-electron chi connectivity index (χ0n) is 16.1. The molecule has 150 valence electrons. The molecule has 8 heteroatoms. The van der Waals surface area contributed by atoms with Crippen LogP contribution < -0.4 is 14.8 Å². The van der Waals surface area contributed by atoms with Gasteiger partial charge in [-0.25, -0.2) is 0 Å². The summed E-state index contributed by atoms with van der Waals surface area (Å²) in [5.74, 6) is 1.11. The molecule has 0 radical (unpaired) electrons. The van der Waals surface area contributed by atoms with E-state index in [1.807, 2.05) is 21.7 Å². The number of ether oxygens (including phenoxy) is 2. The van der Waals surface area contributed by atoms with Crippen LogP contribution in [0.2, 0.25) is 0 Å². The first-order valence-corrected chi connectivity index (χ1v) is 10.1. The lowest BCUT2D eigenvalue weighted by atomic mass is 10.1. The lowest BCUT2D eigenvalue weighted by Crippen LogP contribution is -2.50. The summed E-state index contributed by atoms with van der Waals surface area (Å²) < 4.78 is 10.5. The van der Waals surface area contributed by atoms with Gasteiger partial charge in [-0.05, 0) is 29.6 Å². The van der Waals surface area contributed by atoms with Crippen LogP contribution in [0.5, 0.6) is 11.5 Å². The highest BCUT2D eigenvalue weighted by molar-refractivity contribution is 7.08. The summed E-state index contributed by atoms with van der Waals surface area (Å²) in [6, 6.07) is 7.04. The molecule has 1 aromatic carbocycles. The van der Waals surface area contributed by atoms with Crippen molar-refractivity contribution in [3.63, 3.8) is 0 Å². The number of methoxy groups -OCH3 is 2. The van der Waals surface area contributed by atoms with Crippen molar-refractivity contribution in [3.05, 3.63) is 46.2 Å². The molecule has 7 nitrogen and oxygen atoms in total. The van der Waals surface area contributed by atoms with Crippen LogP contribution in [0.1, 0.15) is 20.7 Å². The number of carbonyl (C=O) groups is 2. The quantitative estimate of drug-likeness (QED) is 0.765. The van der Waals surface area contributed by atoms with Crippen LogP contribution in [0, 0.1) is 0 Å². The summed E-state index contributed by atoms with van der Waals surface area (Å²) >= 11 is 1.51. The monoisotopic (exact) mass is 403 g/mol. The Morgan fingerprint density at radius 3 is 2.43 bits per heavy atom. The van der Waals surface area contributed by atoms with Crippen LogP contribution in [0.4, 0.5) is 0 Å². The number of carbonyl (C=O) groups excluding carboxylic acids is 2. The van der Waals surface area contributed by atoms with Gasteiger partial charge in [0.05, 0.1) is 14.2 Å². The van der Waals surface area contributed by atoms with Gasteiger partial charge in [-0.2, -0.15) is 11.3 Å². The van der Waals surface area contributed by atoms with Crippen molar-refractivity contribution in [2.24, 2.45) is 0 Å². The maximum Gasteiger partial charge on any atom is 0.254 e. The number of hydrogen-bond acceptors (Lipinski definition) is 6. The van der Waals surface area contributed by atoms with E-state index in [9.17, 15) is 9.59 Å². The fourth-order valence-electron chi connectivity index (χ4n) is 3.15. The summed E-state index contributed by atoms with van der Waals surface area (Å²) in [6.07, 6.45) is 0. The maximum atomic E-state index is 12.8. The highest BCUT2D eigenvalue weighted by Crippen LogP contribution is 2.28. The van der Waals surface area contributed by atoms with Crippen LogP contribution in [-0.2, 0) is 0 Å². The van der Waals surface area contributed by atoms with Gasteiger partial charge in [0, 0.05) is 55.8 Å². The van der Waals surface area contributed by atoms with Crippen molar-refractivity contribution >= 4 is 23.2 Å². The second-order valence-electron chi connectivity index (χ2n) is 6.47. The second-order valence-corrected chi connectivity index (χ2v) is 7.25. The number of thiophene rings is 1. The van der Waals surface area contributed by atoms with Crippen LogP contribution in [0.25, 0.3) is 0 Å². The van der Waals surface area contributed by atoms with Gasteiger partial charge < -0.3 is 19.7 Å². The molecule has 1 N–H and O–H groups in total. The minimum absolute atomic E-state index is 0.00800. The number of nitrogens with zero attached hydrogens (tertiary/aromatic N) is 2. The molecule has 3 rings (SSSR count). The van der Waals surface area contributed by atoms with Gasteiger partial charge in [0.25, 0.3) is 11.8 Å². The Kier molecular flexibility index (Phi) is 6.89. The molecule has 1 aliphatic rings. The standard InChI is InChI=1S/C20H25N3O4S/c1-26-17-4-3-15(13-18(17)27-2)20(25)23-10-8-22(9-11-23)7-6-21-19(24)16-5-12-28-14-16/h3-5,12-14H,6-11H2,1-2H3,(H,21,24). The minimum atomic E-state index is -0.0384. The lowest BCUT2D eigenvalue weighted by Gasteiger charge is -2.34. The summed E-state index contributed by atoms with van der Waals surface area (Å²) in [7, 11) is 3.13. The molecule has 2 aromatic rings. The second kappa shape index (κ2) is 9.57. The highest BCUT2D eigenvalue weighted by Gasteiger charge is 2.23. The van der Waals surface area contributed by atoms with Crippen molar-refractivity contribution in [3.8, 4) is 11.5 Å². The van der Waals surface area contributed by atoms with Gasteiger partial charge in [-0.1, -0.05) is 0 Å². The molecule has 0 spiro atoms. The number of rotatable bonds is 7. The lowest BCUT2D eigenvalue weighted by molar-refractivity contribution is 0.0637. The molecular formula is C20H25N3O4S. The molecule has 0 unspecified atom stereocenters. The van der Waals surface area contributed by atoms with Gasteiger partial charge in [0.2, 0.25) is 0 Å². The summed E-state index contributed by atoms with van der Waals surface area (Å²) in [5, 5.41) is 6.67. The van der Waals surface area contributed by atoms with Crippen molar-refractivity contribution < 1.29 is 19.1 Å². The average Bonchev–Trinajstić information content (AvgIpc) is 3.28. The van der Waals surface area contributed by atoms with E-state index in [1.54, 1.807) is 32.4 Å². The predicted octanol–water partition coefficient (Wildman–Crippen LogP) is 1.95. The number of benzene rings is 1. The van der Waals surface area contributed by atoms with Gasteiger partial charge in [-0.15, -0.1) is 0 Å². The Labute approximate surface area is 168 Å². The SMILES string of the molecule is COc1ccc(C(=O)N2CCN(CCNC(=O)c3ccsc3)CC2)cc1OC. The number of amides is 2. The molecule has 1 aromatic heterocycles. The number of piperazine rings is 1. The molecule has 0 atom stereocenters. The van der Waals surface area contributed by atoms with Crippen LogP contribution in [0.3, 0.4) is 0 Å². The molecule has 0 saturated carbocycles. The summed E-state index contributed by atoms with van der Waals surface area (Å²) in [6.45, 7) is 4.25. The predicted molar refractivity (Wildman–Crippen MR) is 109 cm³/mol. The van der Waals surface area contributed by atoms with Crippen molar-refractivity contribution in [2.45, 2.75) is 0 Å². The Balaban J connectivity index is 1.46. The van der Waals surface area contributed by atoms with E-state index in [0.29, 0.717) is 42.3 Å². The van der Waals surface area contributed by atoms with Crippen molar-refractivity contribution in [1.29, 1.82) is 0 Å². The Hall–Kier alpha value is -2.58. The first kappa shape index (κ1) is 20.2.